The van der Waals surface area contributed by atoms with Gasteiger partial charge in [0, 0.05) is 12.0 Å². The second kappa shape index (κ2) is 5.09. The van der Waals surface area contributed by atoms with Crippen molar-refractivity contribution in [2.24, 2.45) is 5.92 Å². The first-order valence-electron chi connectivity index (χ1n) is 6.58. The molecular weight excluding hydrogens is 210 g/mol. The van der Waals surface area contributed by atoms with Crippen LogP contribution in [0.4, 0.5) is 0 Å². The average molecular weight is 233 g/mol. The maximum Gasteiger partial charge on any atom is 0.119 e. The summed E-state index contributed by atoms with van der Waals surface area (Å²) in [6, 6.07) is 8.59. The molecule has 0 spiro atoms. The molecule has 2 nitrogen and oxygen atoms in total. The number of hydrogen-bond donors (Lipinski definition) is 1. The van der Waals surface area contributed by atoms with Crippen molar-refractivity contribution in [3.63, 3.8) is 0 Å². The minimum absolute atomic E-state index is 0.295. The molecule has 1 heterocycles. The van der Waals surface area contributed by atoms with Gasteiger partial charge in [0.25, 0.3) is 0 Å². The number of benzene rings is 1. The van der Waals surface area contributed by atoms with E-state index in [4.69, 9.17) is 4.74 Å². The lowest BCUT2D eigenvalue weighted by molar-refractivity contribution is 0.302. The fraction of sp³-hybridized carbons (Fsp3) is 0.600. The van der Waals surface area contributed by atoms with E-state index >= 15 is 0 Å². The van der Waals surface area contributed by atoms with Crippen LogP contribution in [0.2, 0.25) is 0 Å². The Hall–Kier alpha value is -1.02. The molecule has 94 valence electrons. The maximum atomic E-state index is 5.35. The molecule has 0 bridgehead atoms. The molecule has 1 fully saturated rings. The van der Waals surface area contributed by atoms with Gasteiger partial charge in [-0.15, -0.1) is 0 Å². The van der Waals surface area contributed by atoms with E-state index in [2.05, 4.69) is 37.4 Å². The van der Waals surface area contributed by atoms with Gasteiger partial charge in [0.2, 0.25) is 0 Å². The number of rotatable bonds is 4. The average Bonchev–Trinajstić information content (AvgIpc) is 2.88. The maximum absolute atomic E-state index is 5.35. The fourth-order valence-corrected chi connectivity index (χ4v) is 2.99. The molecule has 2 rings (SSSR count). The molecule has 0 unspecified atom stereocenters. The van der Waals surface area contributed by atoms with E-state index in [0.29, 0.717) is 11.3 Å². The third-order valence-electron chi connectivity index (χ3n) is 4.39. The SMILES string of the molecule is CC[C@H](C)[C@]1(c2cccc(OC)c2)CCNC1. The number of methoxy groups -OCH3 is 1. The molecule has 1 N–H and O–H groups in total. The van der Waals surface area contributed by atoms with E-state index in [1.807, 2.05) is 6.07 Å². The van der Waals surface area contributed by atoms with Crippen molar-refractivity contribution in [2.75, 3.05) is 20.2 Å². The van der Waals surface area contributed by atoms with Gasteiger partial charge in [-0.1, -0.05) is 32.4 Å². The quantitative estimate of drug-likeness (QED) is 0.863. The fourth-order valence-electron chi connectivity index (χ4n) is 2.99. The van der Waals surface area contributed by atoms with Crippen molar-refractivity contribution < 1.29 is 4.74 Å². The summed E-state index contributed by atoms with van der Waals surface area (Å²) in [5.74, 6) is 1.67. The van der Waals surface area contributed by atoms with E-state index in [1.165, 1.54) is 18.4 Å². The highest BCUT2D eigenvalue weighted by molar-refractivity contribution is 5.35. The summed E-state index contributed by atoms with van der Waals surface area (Å²) in [6.07, 6.45) is 2.45. The summed E-state index contributed by atoms with van der Waals surface area (Å²) in [7, 11) is 1.74. The van der Waals surface area contributed by atoms with E-state index in [9.17, 15) is 0 Å². The molecular formula is C15H23NO. The Morgan fingerprint density at radius 3 is 2.88 bits per heavy atom. The predicted molar refractivity (Wildman–Crippen MR) is 71.6 cm³/mol. The van der Waals surface area contributed by atoms with Crippen LogP contribution in [0.15, 0.2) is 24.3 Å². The van der Waals surface area contributed by atoms with Crippen molar-refractivity contribution in [3.8, 4) is 5.75 Å². The zero-order valence-corrected chi connectivity index (χ0v) is 11.1. The van der Waals surface area contributed by atoms with Crippen LogP contribution in [0.1, 0.15) is 32.3 Å². The standard InChI is InChI=1S/C15H23NO/c1-4-12(2)15(8-9-16-11-15)13-6-5-7-14(10-13)17-3/h5-7,10,12,16H,4,8-9,11H2,1-3H3/t12-,15-/m0/s1. The van der Waals surface area contributed by atoms with Gasteiger partial charge >= 0.3 is 0 Å². The molecule has 0 radical (unpaired) electrons. The van der Waals surface area contributed by atoms with Crippen molar-refractivity contribution in [2.45, 2.75) is 32.1 Å². The van der Waals surface area contributed by atoms with Gasteiger partial charge in [0.15, 0.2) is 0 Å². The first kappa shape index (κ1) is 12.4. The topological polar surface area (TPSA) is 21.3 Å². The van der Waals surface area contributed by atoms with Crippen molar-refractivity contribution >= 4 is 0 Å². The van der Waals surface area contributed by atoms with E-state index in [-0.39, 0.29) is 0 Å². The van der Waals surface area contributed by atoms with E-state index < -0.39 is 0 Å². The van der Waals surface area contributed by atoms with Crippen LogP contribution in [0.25, 0.3) is 0 Å². The predicted octanol–water partition coefficient (Wildman–Crippen LogP) is 2.97. The van der Waals surface area contributed by atoms with Gasteiger partial charge < -0.3 is 10.1 Å². The van der Waals surface area contributed by atoms with Crippen LogP contribution in [-0.2, 0) is 5.41 Å². The lowest BCUT2D eigenvalue weighted by atomic mass is 9.69. The van der Waals surface area contributed by atoms with Gasteiger partial charge in [-0.2, -0.15) is 0 Å². The third-order valence-corrected chi connectivity index (χ3v) is 4.39. The molecule has 1 aromatic rings. The van der Waals surface area contributed by atoms with Gasteiger partial charge in [-0.05, 0) is 36.6 Å². The smallest absolute Gasteiger partial charge is 0.119 e. The van der Waals surface area contributed by atoms with E-state index in [0.717, 1.165) is 18.8 Å². The molecule has 17 heavy (non-hydrogen) atoms. The Morgan fingerprint density at radius 1 is 1.47 bits per heavy atom. The Morgan fingerprint density at radius 2 is 2.29 bits per heavy atom. The van der Waals surface area contributed by atoms with Gasteiger partial charge in [0.05, 0.1) is 7.11 Å². The molecule has 1 aromatic carbocycles. The van der Waals surface area contributed by atoms with Crippen molar-refractivity contribution in [1.29, 1.82) is 0 Å². The lowest BCUT2D eigenvalue weighted by Crippen LogP contribution is -2.35. The summed E-state index contributed by atoms with van der Waals surface area (Å²) < 4.78 is 5.35. The minimum atomic E-state index is 0.295. The zero-order valence-electron chi connectivity index (χ0n) is 11.1. The summed E-state index contributed by atoms with van der Waals surface area (Å²) in [4.78, 5) is 0. The summed E-state index contributed by atoms with van der Waals surface area (Å²) >= 11 is 0. The Labute approximate surface area is 104 Å². The van der Waals surface area contributed by atoms with Gasteiger partial charge in [-0.25, -0.2) is 0 Å². The van der Waals surface area contributed by atoms with Crippen LogP contribution in [0, 0.1) is 5.92 Å². The van der Waals surface area contributed by atoms with Crippen LogP contribution in [-0.4, -0.2) is 20.2 Å². The first-order valence-corrected chi connectivity index (χ1v) is 6.58. The molecule has 2 heteroatoms. The molecule has 1 saturated heterocycles. The highest BCUT2D eigenvalue weighted by Crippen LogP contribution is 2.40. The zero-order chi connectivity index (χ0) is 12.3. The highest BCUT2D eigenvalue weighted by atomic mass is 16.5. The Bertz CT molecular complexity index is 369. The van der Waals surface area contributed by atoms with Crippen LogP contribution < -0.4 is 10.1 Å². The molecule has 1 aliphatic rings. The molecule has 0 saturated carbocycles. The summed E-state index contributed by atoms with van der Waals surface area (Å²) in [5.41, 5.74) is 1.72. The number of nitrogens with one attached hydrogen (secondary N) is 1. The number of hydrogen-bond acceptors (Lipinski definition) is 2. The first-order chi connectivity index (χ1) is 8.23. The normalized spacial score (nSPS) is 25.8. The Balaban J connectivity index is 2.38. The van der Waals surface area contributed by atoms with Gasteiger partial charge in [-0.3, -0.25) is 0 Å². The summed E-state index contributed by atoms with van der Waals surface area (Å²) in [5, 5.41) is 3.52. The minimum Gasteiger partial charge on any atom is -0.497 e. The Kier molecular flexibility index (Phi) is 3.72. The van der Waals surface area contributed by atoms with Crippen molar-refractivity contribution in [3.05, 3.63) is 29.8 Å². The molecule has 0 amide bonds. The number of ether oxygens (including phenoxy) is 1. The van der Waals surface area contributed by atoms with Crippen molar-refractivity contribution in [1.82, 2.24) is 5.32 Å². The molecule has 0 aromatic heterocycles. The third kappa shape index (κ3) is 2.19. The second-order valence-electron chi connectivity index (χ2n) is 5.12. The van der Waals surface area contributed by atoms with Crippen LogP contribution in [0.5, 0.6) is 5.75 Å². The molecule has 1 aliphatic heterocycles. The second-order valence-corrected chi connectivity index (χ2v) is 5.12. The largest absolute Gasteiger partial charge is 0.497 e. The molecule has 2 atom stereocenters. The summed E-state index contributed by atoms with van der Waals surface area (Å²) in [6.45, 7) is 6.87. The van der Waals surface area contributed by atoms with Crippen LogP contribution >= 0.6 is 0 Å². The van der Waals surface area contributed by atoms with E-state index in [1.54, 1.807) is 7.11 Å². The highest BCUT2D eigenvalue weighted by Gasteiger charge is 2.39. The monoisotopic (exact) mass is 233 g/mol. The molecule has 0 aliphatic carbocycles. The van der Waals surface area contributed by atoms with Gasteiger partial charge in [0.1, 0.15) is 5.75 Å². The lowest BCUT2D eigenvalue weighted by Gasteiger charge is -2.35. The van der Waals surface area contributed by atoms with Crippen LogP contribution in [0.3, 0.4) is 0 Å².